The van der Waals surface area contributed by atoms with Gasteiger partial charge in [0, 0.05) is 30.7 Å². The zero-order chi connectivity index (χ0) is 16.2. The molecule has 1 saturated heterocycles. The highest BCUT2D eigenvalue weighted by molar-refractivity contribution is 5.40. The number of nitrogens with zero attached hydrogens (tertiary/aromatic N) is 1. The Bertz CT molecular complexity index is 790. The summed E-state index contributed by atoms with van der Waals surface area (Å²) in [5, 5.41) is 3.30. The van der Waals surface area contributed by atoms with Crippen LogP contribution >= 0.6 is 0 Å². The summed E-state index contributed by atoms with van der Waals surface area (Å²) in [6.45, 7) is 4.13. The number of nitrogens with one attached hydrogen (secondary N) is 1. The van der Waals surface area contributed by atoms with Gasteiger partial charge in [-0.1, -0.05) is 17.7 Å². The number of ether oxygens (including phenoxy) is 2. The minimum Gasteiger partial charge on any atom is -0.356 e. The maximum atomic E-state index is 12.9. The molecule has 0 amide bonds. The van der Waals surface area contributed by atoms with Crippen molar-refractivity contribution >= 4 is 0 Å². The molecule has 122 valence electrons. The van der Waals surface area contributed by atoms with E-state index in [1.165, 1.54) is 5.56 Å². The van der Waals surface area contributed by atoms with E-state index in [9.17, 15) is 4.79 Å². The van der Waals surface area contributed by atoms with E-state index in [-0.39, 0.29) is 23.4 Å². The van der Waals surface area contributed by atoms with Crippen molar-refractivity contribution in [3.05, 3.63) is 51.4 Å². The van der Waals surface area contributed by atoms with Crippen LogP contribution < -0.4 is 5.56 Å². The lowest BCUT2D eigenvalue weighted by Crippen LogP contribution is -2.44. The second kappa shape index (κ2) is 5.08. The van der Waals surface area contributed by atoms with Gasteiger partial charge in [-0.05, 0) is 38.8 Å². The Morgan fingerprint density at radius 1 is 1.30 bits per heavy atom. The van der Waals surface area contributed by atoms with Crippen LogP contribution in [0.1, 0.15) is 42.5 Å². The highest BCUT2D eigenvalue weighted by Gasteiger charge is 2.50. The SMILES string of the molecule is CO[C@@H]1CC[C@H]2c3c([nH]n(-c4ccc(C)cc4)c3=O)C[C@]2(C)O1. The molecule has 0 spiro atoms. The first-order chi connectivity index (χ1) is 11.0. The summed E-state index contributed by atoms with van der Waals surface area (Å²) in [5.74, 6) is 0.138. The predicted octanol–water partition coefficient (Wildman–Crippen LogP) is 2.66. The van der Waals surface area contributed by atoms with Crippen molar-refractivity contribution in [2.75, 3.05) is 7.11 Å². The van der Waals surface area contributed by atoms with Crippen LogP contribution in [0, 0.1) is 6.92 Å². The van der Waals surface area contributed by atoms with E-state index in [4.69, 9.17) is 9.47 Å². The number of hydrogen-bond acceptors (Lipinski definition) is 3. The number of methoxy groups -OCH3 is 1. The first-order valence-electron chi connectivity index (χ1n) is 8.13. The Hall–Kier alpha value is -1.85. The molecule has 0 unspecified atom stereocenters. The molecule has 5 heteroatoms. The highest BCUT2D eigenvalue weighted by atomic mass is 16.7. The standard InChI is InChI=1S/C18H22N2O3/c1-11-4-6-12(7-5-11)20-17(21)16-13-8-9-15(22-3)23-18(13,2)10-14(16)19-20/h4-7,13,15,19H,8-10H2,1-3H3/t13-,15-,18-/m0/s1. The number of H-pyrrole nitrogens is 1. The number of aryl methyl sites for hydroxylation is 1. The van der Waals surface area contributed by atoms with Crippen molar-refractivity contribution in [2.24, 2.45) is 0 Å². The average Bonchev–Trinajstić information content (AvgIpc) is 3.00. The molecule has 5 nitrogen and oxygen atoms in total. The third-order valence-corrected chi connectivity index (χ3v) is 5.27. The first-order valence-corrected chi connectivity index (χ1v) is 8.13. The Kier molecular flexibility index (Phi) is 3.25. The normalized spacial score (nSPS) is 29.3. The van der Waals surface area contributed by atoms with E-state index in [0.29, 0.717) is 0 Å². The number of fused-ring (bicyclic) bond motifs is 3. The summed E-state index contributed by atoms with van der Waals surface area (Å²) in [6.07, 6.45) is 2.30. The fraction of sp³-hybridized carbons (Fsp3) is 0.500. The molecule has 23 heavy (non-hydrogen) atoms. The Morgan fingerprint density at radius 2 is 2.04 bits per heavy atom. The van der Waals surface area contributed by atoms with Crippen LogP contribution in [0.5, 0.6) is 0 Å². The van der Waals surface area contributed by atoms with E-state index in [0.717, 1.165) is 36.2 Å². The monoisotopic (exact) mass is 314 g/mol. The minimum atomic E-state index is -0.342. The molecule has 1 fully saturated rings. The minimum absolute atomic E-state index is 0.0528. The predicted molar refractivity (Wildman–Crippen MR) is 87.1 cm³/mol. The summed E-state index contributed by atoms with van der Waals surface area (Å²) >= 11 is 0. The van der Waals surface area contributed by atoms with E-state index < -0.39 is 0 Å². The Balaban J connectivity index is 1.73. The van der Waals surface area contributed by atoms with Gasteiger partial charge in [0.1, 0.15) is 0 Å². The van der Waals surface area contributed by atoms with Gasteiger partial charge in [0.2, 0.25) is 0 Å². The number of aromatic nitrogens is 2. The van der Waals surface area contributed by atoms with E-state index in [1.807, 2.05) is 31.2 Å². The van der Waals surface area contributed by atoms with E-state index in [1.54, 1.807) is 11.8 Å². The van der Waals surface area contributed by atoms with Gasteiger partial charge in [0.15, 0.2) is 6.29 Å². The molecule has 1 aliphatic heterocycles. The summed E-state index contributed by atoms with van der Waals surface area (Å²) in [4.78, 5) is 12.9. The molecule has 1 aromatic carbocycles. The fourth-order valence-corrected chi connectivity index (χ4v) is 4.05. The van der Waals surface area contributed by atoms with Crippen LogP contribution in [-0.4, -0.2) is 28.8 Å². The summed E-state index contributed by atoms with van der Waals surface area (Å²) in [5.41, 5.74) is 3.66. The summed E-state index contributed by atoms with van der Waals surface area (Å²) < 4.78 is 13.1. The first kappa shape index (κ1) is 14.7. The summed E-state index contributed by atoms with van der Waals surface area (Å²) in [7, 11) is 1.67. The van der Waals surface area contributed by atoms with Gasteiger partial charge < -0.3 is 9.47 Å². The second-order valence-corrected chi connectivity index (χ2v) is 6.88. The number of benzene rings is 1. The van der Waals surface area contributed by atoms with Crippen LogP contribution in [0.4, 0.5) is 0 Å². The number of aromatic amines is 1. The van der Waals surface area contributed by atoms with E-state index in [2.05, 4.69) is 12.0 Å². The molecule has 0 saturated carbocycles. The van der Waals surface area contributed by atoms with Crippen molar-refractivity contribution in [3.8, 4) is 5.69 Å². The van der Waals surface area contributed by atoms with Crippen LogP contribution in [0.3, 0.4) is 0 Å². The van der Waals surface area contributed by atoms with Gasteiger partial charge in [-0.2, -0.15) is 0 Å². The average molecular weight is 314 g/mol. The molecule has 0 radical (unpaired) electrons. The molecule has 3 atom stereocenters. The lowest BCUT2D eigenvalue weighted by Gasteiger charge is -2.40. The van der Waals surface area contributed by atoms with Crippen molar-refractivity contribution in [1.29, 1.82) is 0 Å². The van der Waals surface area contributed by atoms with Crippen molar-refractivity contribution in [3.63, 3.8) is 0 Å². The van der Waals surface area contributed by atoms with Gasteiger partial charge in [0.05, 0.1) is 11.3 Å². The largest absolute Gasteiger partial charge is 0.356 e. The molecular weight excluding hydrogens is 292 g/mol. The van der Waals surface area contributed by atoms with Crippen LogP contribution in [0.15, 0.2) is 29.1 Å². The topological polar surface area (TPSA) is 56.2 Å². The van der Waals surface area contributed by atoms with Gasteiger partial charge in [-0.3, -0.25) is 9.89 Å². The van der Waals surface area contributed by atoms with E-state index >= 15 is 0 Å². The molecule has 2 aliphatic rings. The molecule has 0 bridgehead atoms. The molecule has 1 aromatic heterocycles. The van der Waals surface area contributed by atoms with Crippen molar-refractivity contribution in [2.45, 2.75) is 50.9 Å². The van der Waals surface area contributed by atoms with Crippen LogP contribution in [0.2, 0.25) is 0 Å². The maximum absolute atomic E-state index is 12.9. The van der Waals surface area contributed by atoms with Gasteiger partial charge in [-0.15, -0.1) is 0 Å². The third kappa shape index (κ3) is 2.18. The third-order valence-electron chi connectivity index (χ3n) is 5.27. The molecule has 2 aromatic rings. The zero-order valence-electron chi connectivity index (χ0n) is 13.8. The van der Waals surface area contributed by atoms with Gasteiger partial charge in [-0.25, -0.2) is 4.68 Å². The van der Waals surface area contributed by atoms with Crippen LogP contribution in [-0.2, 0) is 15.9 Å². The van der Waals surface area contributed by atoms with Crippen LogP contribution in [0.25, 0.3) is 5.69 Å². The molecule has 4 rings (SSSR count). The smallest absolute Gasteiger partial charge is 0.275 e. The highest BCUT2D eigenvalue weighted by Crippen LogP contribution is 2.48. The number of hydrogen-bond donors (Lipinski definition) is 1. The molecular formula is C18H22N2O3. The summed E-state index contributed by atoms with van der Waals surface area (Å²) in [6, 6.07) is 7.98. The number of rotatable bonds is 2. The lowest BCUT2D eigenvalue weighted by atomic mass is 9.83. The van der Waals surface area contributed by atoms with Gasteiger partial charge in [0.25, 0.3) is 5.56 Å². The van der Waals surface area contributed by atoms with Crippen molar-refractivity contribution in [1.82, 2.24) is 9.78 Å². The van der Waals surface area contributed by atoms with Gasteiger partial charge >= 0.3 is 0 Å². The Labute approximate surface area is 135 Å². The zero-order valence-corrected chi connectivity index (χ0v) is 13.8. The fourth-order valence-electron chi connectivity index (χ4n) is 4.05. The quantitative estimate of drug-likeness (QED) is 0.927. The molecule has 1 aliphatic carbocycles. The lowest BCUT2D eigenvalue weighted by molar-refractivity contribution is -0.223. The molecule has 1 N–H and O–H groups in total. The van der Waals surface area contributed by atoms with Crippen molar-refractivity contribution < 1.29 is 9.47 Å². The second-order valence-electron chi connectivity index (χ2n) is 6.88. The molecule has 2 heterocycles. The Morgan fingerprint density at radius 3 is 2.74 bits per heavy atom. The maximum Gasteiger partial charge on any atom is 0.275 e.